The van der Waals surface area contributed by atoms with Gasteiger partial charge in [0.05, 0.1) is 5.02 Å². The van der Waals surface area contributed by atoms with Crippen LogP contribution < -0.4 is 0 Å². The van der Waals surface area contributed by atoms with Crippen LogP contribution in [-0.4, -0.2) is 5.11 Å². The molecule has 19 heavy (non-hydrogen) atoms. The lowest BCUT2D eigenvalue weighted by atomic mass is 9.93. The Morgan fingerprint density at radius 1 is 1.05 bits per heavy atom. The first-order valence-corrected chi connectivity index (χ1v) is 6.17. The lowest BCUT2D eigenvalue weighted by Crippen LogP contribution is -2.05. The second-order valence-corrected chi connectivity index (χ2v) is 4.94. The van der Waals surface area contributed by atoms with Crippen LogP contribution in [0.15, 0.2) is 30.3 Å². The van der Waals surface area contributed by atoms with Crippen molar-refractivity contribution in [3.05, 3.63) is 69.2 Å². The molecule has 0 radical (unpaired) electrons. The molecule has 0 amide bonds. The Bertz CT molecular complexity index is 603. The average molecular weight is 283 g/mol. The zero-order chi connectivity index (χ0) is 14.2. The van der Waals surface area contributed by atoms with Crippen molar-refractivity contribution >= 4 is 11.6 Å². The summed E-state index contributed by atoms with van der Waals surface area (Å²) in [5, 5.41) is 10.3. The van der Waals surface area contributed by atoms with Gasteiger partial charge in [-0.3, -0.25) is 0 Å². The number of hydrogen-bond acceptors (Lipinski definition) is 1. The standard InChI is InChI=1S/C15H13ClF2O/c1-8-5-11(17)6-9(2)14(8)15(19)10-3-4-12(16)13(18)7-10/h3-7,15,19H,1-2H3. The summed E-state index contributed by atoms with van der Waals surface area (Å²) in [7, 11) is 0. The predicted molar refractivity (Wildman–Crippen MR) is 71.3 cm³/mol. The Morgan fingerprint density at radius 2 is 1.63 bits per heavy atom. The first-order chi connectivity index (χ1) is 8.90. The summed E-state index contributed by atoms with van der Waals surface area (Å²) < 4.78 is 26.6. The Morgan fingerprint density at radius 3 is 2.16 bits per heavy atom. The number of hydrogen-bond donors (Lipinski definition) is 1. The van der Waals surface area contributed by atoms with Gasteiger partial charge in [0.15, 0.2) is 0 Å². The van der Waals surface area contributed by atoms with Crippen LogP contribution in [-0.2, 0) is 0 Å². The SMILES string of the molecule is Cc1cc(F)cc(C)c1C(O)c1ccc(Cl)c(F)c1. The fourth-order valence-corrected chi connectivity index (χ4v) is 2.32. The van der Waals surface area contributed by atoms with Gasteiger partial charge in [-0.15, -0.1) is 0 Å². The third-order valence-corrected chi connectivity index (χ3v) is 3.40. The zero-order valence-corrected chi connectivity index (χ0v) is 11.3. The van der Waals surface area contributed by atoms with Crippen LogP contribution in [0.4, 0.5) is 8.78 Å². The van der Waals surface area contributed by atoms with Crippen LogP contribution in [0.5, 0.6) is 0 Å². The van der Waals surface area contributed by atoms with Crippen molar-refractivity contribution in [3.8, 4) is 0 Å². The van der Waals surface area contributed by atoms with Gasteiger partial charge in [-0.1, -0.05) is 17.7 Å². The van der Waals surface area contributed by atoms with E-state index in [1.807, 2.05) is 0 Å². The summed E-state index contributed by atoms with van der Waals surface area (Å²) in [6, 6.07) is 6.83. The molecule has 0 fully saturated rings. The van der Waals surface area contributed by atoms with Crippen molar-refractivity contribution < 1.29 is 13.9 Å². The first kappa shape index (κ1) is 14.0. The number of rotatable bonds is 2. The zero-order valence-electron chi connectivity index (χ0n) is 10.5. The van der Waals surface area contributed by atoms with Crippen molar-refractivity contribution in [2.24, 2.45) is 0 Å². The second kappa shape index (κ2) is 5.27. The van der Waals surface area contributed by atoms with E-state index in [0.29, 0.717) is 22.3 Å². The largest absolute Gasteiger partial charge is 0.384 e. The predicted octanol–water partition coefficient (Wildman–Crippen LogP) is 4.32. The van der Waals surface area contributed by atoms with Crippen LogP contribution >= 0.6 is 11.6 Å². The molecule has 0 saturated heterocycles. The molecule has 0 spiro atoms. The molecule has 1 atom stereocenters. The molecule has 0 saturated carbocycles. The maximum absolute atomic E-state index is 13.4. The molecule has 2 rings (SSSR count). The Hall–Kier alpha value is -1.45. The third kappa shape index (κ3) is 2.77. The smallest absolute Gasteiger partial charge is 0.142 e. The first-order valence-electron chi connectivity index (χ1n) is 5.80. The highest BCUT2D eigenvalue weighted by Gasteiger charge is 2.17. The normalized spacial score (nSPS) is 12.5. The molecule has 1 N–H and O–H groups in total. The number of aliphatic hydroxyl groups excluding tert-OH is 1. The van der Waals surface area contributed by atoms with Gasteiger partial charge in [-0.05, 0) is 60.4 Å². The van der Waals surface area contributed by atoms with E-state index in [1.54, 1.807) is 19.9 Å². The fourth-order valence-electron chi connectivity index (χ4n) is 2.20. The molecular formula is C15H13ClF2O. The van der Waals surface area contributed by atoms with E-state index in [1.165, 1.54) is 24.3 Å². The molecule has 100 valence electrons. The fraction of sp³-hybridized carbons (Fsp3) is 0.200. The summed E-state index contributed by atoms with van der Waals surface area (Å²) in [5.74, 6) is -0.941. The summed E-state index contributed by atoms with van der Waals surface area (Å²) in [4.78, 5) is 0. The maximum atomic E-state index is 13.4. The summed E-state index contributed by atoms with van der Waals surface area (Å²) in [6.07, 6.45) is -1.01. The van der Waals surface area contributed by atoms with Crippen LogP contribution in [0.1, 0.15) is 28.4 Å². The number of benzene rings is 2. The number of aryl methyl sites for hydroxylation is 2. The summed E-state index contributed by atoms with van der Waals surface area (Å²) in [6.45, 7) is 3.42. The summed E-state index contributed by atoms with van der Waals surface area (Å²) >= 11 is 5.61. The van der Waals surface area contributed by atoms with Crippen LogP contribution in [0.2, 0.25) is 5.02 Å². The molecule has 0 aromatic heterocycles. The molecule has 4 heteroatoms. The topological polar surface area (TPSA) is 20.2 Å². The van der Waals surface area contributed by atoms with E-state index in [0.717, 1.165) is 0 Å². The van der Waals surface area contributed by atoms with E-state index in [9.17, 15) is 13.9 Å². The molecule has 2 aromatic rings. The highest BCUT2D eigenvalue weighted by atomic mass is 35.5. The molecular weight excluding hydrogens is 270 g/mol. The van der Waals surface area contributed by atoms with Crippen molar-refractivity contribution in [3.63, 3.8) is 0 Å². The molecule has 0 aliphatic carbocycles. The van der Waals surface area contributed by atoms with Crippen molar-refractivity contribution in [2.75, 3.05) is 0 Å². The minimum absolute atomic E-state index is 0.00324. The lowest BCUT2D eigenvalue weighted by Gasteiger charge is -2.17. The average Bonchev–Trinajstić information content (AvgIpc) is 2.31. The Kier molecular flexibility index (Phi) is 3.88. The van der Waals surface area contributed by atoms with Crippen LogP contribution in [0, 0.1) is 25.5 Å². The highest BCUT2D eigenvalue weighted by Crippen LogP contribution is 2.30. The van der Waals surface area contributed by atoms with E-state index >= 15 is 0 Å². The molecule has 0 heterocycles. The van der Waals surface area contributed by atoms with Gasteiger partial charge < -0.3 is 5.11 Å². The van der Waals surface area contributed by atoms with Gasteiger partial charge >= 0.3 is 0 Å². The van der Waals surface area contributed by atoms with E-state index in [2.05, 4.69) is 0 Å². The van der Waals surface area contributed by atoms with Crippen LogP contribution in [0.25, 0.3) is 0 Å². The quantitative estimate of drug-likeness (QED) is 0.870. The summed E-state index contributed by atoms with van der Waals surface area (Å²) in [5.41, 5.74) is 2.23. The highest BCUT2D eigenvalue weighted by molar-refractivity contribution is 6.30. The number of halogens is 3. The molecule has 1 nitrogen and oxygen atoms in total. The molecule has 0 aliphatic heterocycles. The Labute approximate surface area is 115 Å². The van der Waals surface area contributed by atoms with Crippen LogP contribution in [0.3, 0.4) is 0 Å². The second-order valence-electron chi connectivity index (χ2n) is 4.53. The molecule has 1 unspecified atom stereocenters. The maximum Gasteiger partial charge on any atom is 0.142 e. The Balaban J connectivity index is 2.49. The van der Waals surface area contributed by atoms with Gasteiger partial charge in [0.25, 0.3) is 0 Å². The van der Waals surface area contributed by atoms with E-state index in [4.69, 9.17) is 11.6 Å². The molecule has 0 aliphatic rings. The van der Waals surface area contributed by atoms with Gasteiger partial charge in [0.1, 0.15) is 17.7 Å². The minimum atomic E-state index is -1.01. The van der Waals surface area contributed by atoms with E-state index < -0.39 is 11.9 Å². The van der Waals surface area contributed by atoms with Crippen molar-refractivity contribution in [1.82, 2.24) is 0 Å². The van der Waals surface area contributed by atoms with Gasteiger partial charge in [0, 0.05) is 0 Å². The lowest BCUT2D eigenvalue weighted by molar-refractivity contribution is 0.218. The van der Waals surface area contributed by atoms with Gasteiger partial charge in [-0.25, -0.2) is 8.78 Å². The van der Waals surface area contributed by atoms with Gasteiger partial charge in [0.2, 0.25) is 0 Å². The van der Waals surface area contributed by atoms with E-state index in [-0.39, 0.29) is 10.8 Å². The number of aliphatic hydroxyl groups is 1. The minimum Gasteiger partial charge on any atom is -0.384 e. The monoisotopic (exact) mass is 282 g/mol. The molecule has 0 bridgehead atoms. The van der Waals surface area contributed by atoms with Gasteiger partial charge in [-0.2, -0.15) is 0 Å². The van der Waals surface area contributed by atoms with Crippen molar-refractivity contribution in [1.29, 1.82) is 0 Å². The third-order valence-electron chi connectivity index (χ3n) is 3.09. The molecule has 2 aromatic carbocycles. The van der Waals surface area contributed by atoms with Crippen molar-refractivity contribution in [2.45, 2.75) is 20.0 Å².